The van der Waals surface area contributed by atoms with Gasteiger partial charge >= 0.3 is 5.63 Å². The van der Waals surface area contributed by atoms with E-state index in [1.807, 2.05) is 30.3 Å². The summed E-state index contributed by atoms with van der Waals surface area (Å²) in [4.78, 5) is 11.6. The fraction of sp³-hybridized carbons (Fsp3) is 0.318. The summed E-state index contributed by atoms with van der Waals surface area (Å²) >= 11 is 0. The van der Waals surface area contributed by atoms with Crippen LogP contribution >= 0.6 is 0 Å². The largest absolute Gasteiger partial charge is 0.485 e. The van der Waals surface area contributed by atoms with Gasteiger partial charge in [-0.05, 0) is 17.7 Å². The van der Waals surface area contributed by atoms with E-state index in [0.717, 1.165) is 5.56 Å². The number of hydrogen-bond acceptors (Lipinski definition) is 9. The van der Waals surface area contributed by atoms with Gasteiger partial charge in [0.2, 0.25) is 6.29 Å². The lowest BCUT2D eigenvalue weighted by molar-refractivity contribution is -0.277. The van der Waals surface area contributed by atoms with Crippen molar-refractivity contribution in [1.29, 1.82) is 0 Å². The van der Waals surface area contributed by atoms with Crippen molar-refractivity contribution in [3.05, 3.63) is 70.6 Å². The smallest absolute Gasteiger partial charge is 0.336 e. The van der Waals surface area contributed by atoms with Crippen LogP contribution in [0.5, 0.6) is 11.5 Å². The minimum Gasteiger partial charge on any atom is -0.485 e. The molecule has 0 spiro atoms. The molecule has 1 fully saturated rings. The molecule has 0 amide bonds. The molecule has 9 heteroatoms. The first-order valence-corrected chi connectivity index (χ1v) is 9.68. The van der Waals surface area contributed by atoms with E-state index in [-0.39, 0.29) is 23.7 Å². The maximum atomic E-state index is 11.6. The highest BCUT2D eigenvalue weighted by atomic mass is 16.7. The first-order valence-electron chi connectivity index (χ1n) is 9.68. The molecule has 1 aromatic heterocycles. The van der Waals surface area contributed by atoms with Crippen LogP contribution in [0.2, 0.25) is 0 Å². The summed E-state index contributed by atoms with van der Waals surface area (Å²) in [6.45, 7) is -0.389. The third kappa shape index (κ3) is 4.55. The van der Waals surface area contributed by atoms with Gasteiger partial charge in [-0.2, -0.15) is 0 Å². The number of aliphatic hydroxyl groups excluding tert-OH is 4. The van der Waals surface area contributed by atoms with Gasteiger partial charge in [0.1, 0.15) is 36.6 Å². The summed E-state index contributed by atoms with van der Waals surface area (Å²) in [6.07, 6.45) is -7.16. The second-order valence-corrected chi connectivity index (χ2v) is 7.18. The molecule has 0 bridgehead atoms. The second kappa shape index (κ2) is 9.04. The zero-order valence-corrected chi connectivity index (χ0v) is 16.3. The molecule has 0 radical (unpaired) electrons. The number of rotatable bonds is 6. The molecule has 9 nitrogen and oxygen atoms in total. The Morgan fingerprint density at radius 1 is 0.903 bits per heavy atom. The van der Waals surface area contributed by atoms with E-state index >= 15 is 0 Å². The first-order chi connectivity index (χ1) is 15.0. The average Bonchev–Trinajstić information content (AvgIpc) is 2.78. The topological polar surface area (TPSA) is 139 Å². The van der Waals surface area contributed by atoms with Crippen molar-refractivity contribution in [2.75, 3.05) is 6.61 Å². The van der Waals surface area contributed by atoms with Crippen LogP contribution in [0.1, 0.15) is 5.56 Å². The van der Waals surface area contributed by atoms with Gasteiger partial charge in [-0.1, -0.05) is 30.3 Å². The van der Waals surface area contributed by atoms with Gasteiger partial charge in [0.25, 0.3) is 0 Å². The number of hydrogen-bond donors (Lipinski definition) is 4. The number of ether oxygens (including phenoxy) is 3. The Balaban J connectivity index is 1.66. The van der Waals surface area contributed by atoms with Crippen LogP contribution in [-0.2, 0) is 11.3 Å². The van der Waals surface area contributed by atoms with Crippen LogP contribution in [0.25, 0.3) is 11.0 Å². The number of aliphatic hydroxyl groups is 4. The van der Waals surface area contributed by atoms with Crippen molar-refractivity contribution in [1.82, 2.24) is 0 Å². The molecule has 0 aliphatic carbocycles. The van der Waals surface area contributed by atoms with Crippen LogP contribution in [0.4, 0.5) is 0 Å². The van der Waals surface area contributed by atoms with Gasteiger partial charge in [0.05, 0.1) is 6.61 Å². The van der Waals surface area contributed by atoms with E-state index in [1.165, 1.54) is 12.1 Å². The molecule has 1 aliphatic heterocycles. The Hall–Kier alpha value is -2.95. The molecule has 5 atom stereocenters. The molecule has 4 rings (SSSR count). The Kier molecular flexibility index (Phi) is 6.21. The molecule has 2 heterocycles. The monoisotopic (exact) mass is 430 g/mol. The maximum Gasteiger partial charge on any atom is 0.336 e. The van der Waals surface area contributed by atoms with Crippen LogP contribution in [0.3, 0.4) is 0 Å². The summed E-state index contributed by atoms with van der Waals surface area (Å²) in [5.41, 5.74) is 0.636. The molecule has 1 unspecified atom stereocenters. The summed E-state index contributed by atoms with van der Waals surface area (Å²) < 4.78 is 22.3. The molecule has 31 heavy (non-hydrogen) atoms. The SMILES string of the molecule is O=c1ccc2cc(OC3O[C@H](CO)[C@@H](O)[C@H](O)[C@H]3O)c(OCc3ccccc3)cc2o1. The van der Waals surface area contributed by atoms with Crippen molar-refractivity contribution in [2.24, 2.45) is 0 Å². The standard InChI is InChI=1S/C22H22O9/c23-10-17-19(25)20(26)21(27)22(31-17)30-16-8-13-6-7-18(24)29-14(13)9-15(16)28-11-12-4-2-1-3-5-12/h1-9,17,19-23,25-27H,10-11H2/t17-,19-,20+,21-,22?/m1/s1. The van der Waals surface area contributed by atoms with Gasteiger partial charge in [-0.25, -0.2) is 4.79 Å². The number of benzene rings is 2. The van der Waals surface area contributed by atoms with E-state index in [9.17, 15) is 25.2 Å². The fourth-order valence-corrected chi connectivity index (χ4v) is 3.31. The average molecular weight is 430 g/mol. The van der Waals surface area contributed by atoms with Crippen LogP contribution < -0.4 is 15.1 Å². The minimum absolute atomic E-state index is 0.154. The molecule has 164 valence electrons. The highest BCUT2D eigenvalue weighted by Gasteiger charge is 2.45. The summed E-state index contributed by atoms with van der Waals surface area (Å²) in [5, 5.41) is 40.2. The zero-order valence-electron chi connectivity index (χ0n) is 16.3. The molecule has 1 saturated heterocycles. The molecule has 4 N–H and O–H groups in total. The predicted molar refractivity (Wildman–Crippen MR) is 108 cm³/mol. The molecular weight excluding hydrogens is 408 g/mol. The molecular formula is C22H22O9. The Morgan fingerprint density at radius 3 is 2.42 bits per heavy atom. The van der Waals surface area contributed by atoms with Gasteiger partial charge in [-0.15, -0.1) is 0 Å². The Bertz CT molecular complexity index is 1080. The highest BCUT2D eigenvalue weighted by molar-refractivity contribution is 5.80. The summed E-state index contributed by atoms with van der Waals surface area (Å²) in [6, 6.07) is 15.2. The van der Waals surface area contributed by atoms with E-state index in [1.54, 1.807) is 12.1 Å². The van der Waals surface area contributed by atoms with Gasteiger partial charge in [-0.3, -0.25) is 0 Å². The highest BCUT2D eigenvalue weighted by Crippen LogP contribution is 2.35. The third-order valence-electron chi connectivity index (χ3n) is 5.01. The molecule has 1 aliphatic rings. The summed E-state index contributed by atoms with van der Waals surface area (Å²) in [5.74, 6) is 0.365. The van der Waals surface area contributed by atoms with Crippen LogP contribution in [0, 0.1) is 0 Å². The lowest BCUT2D eigenvalue weighted by atomic mass is 9.99. The van der Waals surface area contributed by atoms with Crippen molar-refractivity contribution in [2.45, 2.75) is 37.3 Å². The maximum absolute atomic E-state index is 11.6. The lowest BCUT2D eigenvalue weighted by Crippen LogP contribution is -2.60. The first kappa shape index (κ1) is 21.3. The van der Waals surface area contributed by atoms with Crippen molar-refractivity contribution < 1.29 is 39.1 Å². The van der Waals surface area contributed by atoms with Gasteiger partial charge in [0.15, 0.2) is 11.5 Å². The fourth-order valence-electron chi connectivity index (χ4n) is 3.31. The molecule has 2 aromatic carbocycles. The van der Waals surface area contributed by atoms with E-state index in [4.69, 9.17) is 18.6 Å². The Morgan fingerprint density at radius 2 is 1.68 bits per heavy atom. The second-order valence-electron chi connectivity index (χ2n) is 7.18. The van der Waals surface area contributed by atoms with Gasteiger partial charge in [0, 0.05) is 17.5 Å². The molecule has 3 aromatic rings. The quantitative estimate of drug-likeness (QED) is 0.413. The van der Waals surface area contributed by atoms with Crippen LogP contribution in [0.15, 0.2) is 63.8 Å². The molecule has 0 saturated carbocycles. The normalized spacial score (nSPS) is 26.0. The lowest BCUT2D eigenvalue weighted by Gasteiger charge is -2.39. The minimum atomic E-state index is -1.58. The van der Waals surface area contributed by atoms with Gasteiger partial charge < -0.3 is 39.1 Å². The van der Waals surface area contributed by atoms with E-state index in [0.29, 0.717) is 5.39 Å². The third-order valence-corrected chi connectivity index (χ3v) is 5.01. The van der Waals surface area contributed by atoms with E-state index in [2.05, 4.69) is 0 Å². The van der Waals surface area contributed by atoms with Crippen LogP contribution in [-0.4, -0.2) is 57.7 Å². The number of fused-ring (bicyclic) bond motifs is 1. The summed E-state index contributed by atoms with van der Waals surface area (Å²) in [7, 11) is 0. The van der Waals surface area contributed by atoms with Crippen molar-refractivity contribution >= 4 is 11.0 Å². The zero-order chi connectivity index (χ0) is 22.0. The van der Waals surface area contributed by atoms with Crippen molar-refractivity contribution in [3.8, 4) is 11.5 Å². The van der Waals surface area contributed by atoms with E-state index < -0.39 is 42.9 Å². The Labute approximate surface area is 176 Å². The predicted octanol–water partition coefficient (Wildman–Crippen LogP) is 0.551. The van der Waals surface area contributed by atoms with Crippen molar-refractivity contribution in [3.63, 3.8) is 0 Å².